The van der Waals surface area contributed by atoms with Crippen LogP contribution < -0.4 is 5.46 Å². The Morgan fingerprint density at radius 1 is 1.15 bits per heavy atom. The molecule has 2 aliphatic rings. The van der Waals surface area contributed by atoms with Gasteiger partial charge in [0, 0.05) is 6.54 Å². The van der Waals surface area contributed by atoms with E-state index < -0.39 is 0 Å². The Kier molecular flexibility index (Phi) is 1.36. The number of hydrogen-bond donors (Lipinski definition) is 0. The van der Waals surface area contributed by atoms with Crippen LogP contribution >= 0.6 is 0 Å². The molecule has 0 N–H and O–H groups in total. The lowest BCUT2D eigenvalue weighted by molar-refractivity contribution is 0.598. The molecular weight excluding hydrogens is 157 g/mol. The Morgan fingerprint density at radius 2 is 2.08 bits per heavy atom. The van der Waals surface area contributed by atoms with Crippen LogP contribution in [0.25, 0.3) is 0 Å². The quantitative estimate of drug-likeness (QED) is 0.526. The molecule has 0 amide bonds. The maximum Gasteiger partial charge on any atom is 0.316 e. The highest BCUT2D eigenvalue weighted by molar-refractivity contribution is 6.77. The fraction of sp³-hybridized carbons (Fsp3) is 0.0909. The molecule has 0 radical (unpaired) electrons. The van der Waals surface area contributed by atoms with E-state index in [4.69, 9.17) is 0 Å². The van der Waals surface area contributed by atoms with Gasteiger partial charge >= 0.3 is 6.85 Å². The van der Waals surface area contributed by atoms with Crippen LogP contribution in [-0.4, -0.2) is 11.7 Å². The number of nitrogens with zero attached hydrogens (tertiary/aromatic N) is 1. The van der Waals surface area contributed by atoms with Gasteiger partial charge in [-0.15, -0.1) is 0 Å². The van der Waals surface area contributed by atoms with Gasteiger partial charge in [0.2, 0.25) is 0 Å². The zero-order valence-corrected chi connectivity index (χ0v) is 7.35. The second-order valence-electron chi connectivity index (χ2n) is 3.54. The summed E-state index contributed by atoms with van der Waals surface area (Å²) in [5, 5.41) is 0. The molecule has 2 heteroatoms. The van der Waals surface area contributed by atoms with Crippen molar-refractivity contribution < 1.29 is 0 Å². The molecule has 1 aromatic rings. The van der Waals surface area contributed by atoms with E-state index in [-0.39, 0.29) is 0 Å². The minimum absolute atomic E-state index is 0.487. The molecule has 1 nitrogen and oxygen atoms in total. The lowest BCUT2D eigenvalue weighted by atomic mass is 9.55. The molecule has 0 saturated carbocycles. The van der Waals surface area contributed by atoms with Crippen LogP contribution in [-0.2, 0) is 6.54 Å². The van der Waals surface area contributed by atoms with Crippen molar-refractivity contribution in [1.29, 1.82) is 0 Å². The van der Waals surface area contributed by atoms with Gasteiger partial charge in [-0.3, -0.25) is 0 Å². The van der Waals surface area contributed by atoms with Crippen molar-refractivity contribution in [3.05, 3.63) is 54.2 Å². The summed E-state index contributed by atoms with van der Waals surface area (Å²) in [7, 11) is 0. The van der Waals surface area contributed by atoms with Crippen molar-refractivity contribution in [2.75, 3.05) is 0 Å². The molecular formula is C11H10BN. The summed E-state index contributed by atoms with van der Waals surface area (Å²) in [5.41, 5.74) is 2.92. The molecule has 1 aromatic carbocycles. The van der Waals surface area contributed by atoms with Crippen LogP contribution in [0.1, 0.15) is 5.56 Å². The average molecular weight is 167 g/mol. The highest BCUT2D eigenvalue weighted by atomic mass is 15.1. The van der Waals surface area contributed by atoms with Gasteiger partial charge in [0.25, 0.3) is 0 Å². The highest BCUT2D eigenvalue weighted by Gasteiger charge is 2.30. The van der Waals surface area contributed by atoms with E-state index in [0.717, 1.165) is 6.54 Å². The number of allylic oxidation sites excluding steroid dienone is 2. The molecule has 62 valence electrons. The summed E-state index contributed by atoms with van der Waals surface area (Å²) < 4.78 is 0. The lowest BCUT2D eigenvalue weighted by Gasteiger charge is -2.19. The number of hydrogen-bond acceptors (Lipinski definition) is 1. The third kappa shape index (κ3) is 0.950. The summed E-state index contributed by atoms with van der Waals surface area (Å²) in [6.45, 7) is 1.54. The first-order chi connectivity index (χ1) is 6.45. The monoisotopic (exact) mass is 167 g/mol. The van der Waals surface area contributed by atoms with Gasteiger partial charge in [-0.05, 0) is 23.3 Å². The number of fused-ring (bicyclic) bond motifs is 3. The first kappa shape index (κ1) is 7.02. The third-order valence-corrected chi connectivity index (χ3v) is 2.77. The maximum absolute atomic E-state index is 2.37. The Hall–Kier alpha value is -1.44. The van der Waals surface area contributed by atoms with Gasteiger partial charge < -0.3 is 4.81 Å². The Labute approximate surface area is 78.5 Å². The molecule has 2 heterocycles. The van der Waals surface area contributed by atoms with Gasteiger partial charge in [-0.2, -0.15) is 0 Å². The first-order valence-corrected chi connectivity index (χ1v) is 4.64. The standard InChI is InChI=1S/C11H10BN/c1-2-6-11-10(5-1)9-13-8-4-3-7-12(11)13/h1-8H,9H2. The van der Waals surface area contributed by atoms with Crippen LogP contribution in [0.15, 0.2) is 48.6 Å². The molecule has 13 heavy (non-hydrogen) atoms. The Balaban J connectivity index is 2.12. The minimum Gasteiger partial charge on any atom is -0.409 e. The van der Waals surface area contributed by atoms with E-state index in [2.05, 4.69) is 53.4 Å². The van der Waals surface area contributed by atoms with Crippen LogP contribution in [0.5, 0.6) is 0 Å². The van der Waals surface area contributed by atoms with Crippen LogP contribution in [0.3, 0.4) is 0 Å². The molecule has 2 aliphatic heterocycles. The van der Waals surface area contributed by atoms with Gasteiger partial charge in [0.05, 0.1) is 0 Å². The van der Waals surface area contributed by atoms with E-state index in [0.29, 0.717) is 6.85 Å². The lowest BCUT2D eigenvalue weighted by Crippen LogP contribution is -2.37. The van der Waals surface area contributed by atoms with E-state index in [1.165, 1.54) is 11.0 Å². The van der Waals surface area contributed by atoms with Crippen molar-refractivity contribution in [2.24, 2.45) is 0 Å². The summed E-state index contributed by atoms with van der Waals surface area (Å²) >= 11 is 0. The van der Waals surface area contributed by atoms with E-state index >= 15 is 0 Å². The summed E-state index contributed by atoms with van der Waals surface area (Å²) in [4.78, 5) is 2.37. The molecule has 0 atom stereocenters. The normalized spacial score (nSPS) is 17.5. The molecule has 0 aromatic heterocycles. The highest BCUT2D eigenvalue weighted by Crippen LogP contribution is 2.17. The van der Waals surface area contributed by atoms with Crippen molar-refractivity contribution in [3.63, 3.8) is 0 Å². The predicted octanol–water partition coefficient (Wildman–Crippen LogP) is 1.32. The van der Waals surface area contributed by atoms with Crippen LogP contribution in [0, 0.1) is 0 Å². The van der Waals surface area contributed by atoms with Gasteiger partial charge in [-0.1, -0.05) is 36.3 Å². The van der Waals surface area contributed by atoms with Crippen molar-refractivity contribution in [2.45, 2.75) is 6.54 Å². The molecule has 0 aliphatic carbocycles. The van der Waals surface area contributed by atoms with Gasteiger partial charge in [0.15, 0.2) is 0 Å². The Bertz CT molecular complexity index is 395. The van der Waals surface area contributed by atoms with E-state index in [1.807, 2.05) is 0 Å². The average Bonchev–Trinajstić information content (AvgIpc) is 2.56. The number of rotatable bonds is 0. The minimum atomic E-state index is 0.487. The topological polar surface area (TPSA) is 3.24 Å². The Morgan fingerprint density at radius 3 is 3.08 bits per heavy atom. The van der Waals surface area contributed by atoms with Gasteiger partial charge in [0.1, 0.15) is 0 Å². The largest absolute Gasteiger partial charge is 0.409 e. The van der Waals surface area contributed by atoms with Crippen LogP contribution in [0.4, 0.5) is 0 Å². The molecule has 0 fully saturated rings. The second kappa shape index (κ2) is 2.53. The van der Waals surface area contributed by atoms with E-state index in [9.17, 15) is 0 Å². The third-order valence-electron chi connectivity index (χ3n) is 2.77. The zero-order chi connectivity index (χ0) is 8.67. The van der Waals surface area contributed by atoms with Gasteiger partial charge in [-0.25, -0.2) is 0 Å². The van der Waals surface area contributed by atoms with Crippen molar-refractivity contribution in [3.8, 4) is 0 Å². The summed E-state index contributed by atoms with van der Waals surface area (Å²) in [5.74, 6) is 2.26. The molecule has 0 bridgehead atoms. The maximum atomic E-state index is 2.37. The summed E-state index contributed by atoms with van der Waals surface area (Å²) in [6.07, 6.45) is 6.40. The summed E-state index contributed by atoms with van der Waals surface area (Å²) in [6, 6.07) is 8.68. The van der Waals surface area contributed by atoms with Crippen molar-refractivity contribution in [1.82, 2.24) is 4.81 Å². The number of benzene rings is 1. The smallest absolute Gasteiger partial charge is 0.316 e. The fourth-order valence-electron chi connectivity index (χ4n) is 2.13. The molecule has 0 spiro atoms. The first-order valence-electron chi connectivity index (χ1n) is 4.64. The fourth-order valence-corrected chi connectivity index (χ4v) is 2.13. The van der Waals surface area contributed by atoms with Crippen molar-refractivity contribution >= 4 is 12.3 Å². The molecule has 0 saturated heterocycles. The SMILES string of the molecule is C1=CB2c3ccccc3CN2C=C1. The predicted molar refractivity (Wildman–Crippen MR) is 55.7 cm³/mol. The van der Waals surface area contributed by atoms with E-state index in [1.54, 1.807) is 0 Å². The van der Waals surface area contributed by atoms with Crippen LogP contribution in [0.2, 0.25) is 0 Å². The zero-order valence-electron chi connectivity index (χ0n) is 7.35. The molecule has 0 unspecified atom stereocenters. The second-order valence-corrected chi connectivity index (χ2v) is 3.54. The molecule has 3 rings (SSSR count).